The van der Waals surface area contributed by atoms with Crippen molar-refractivity contribution in [2.45, 2.75) is 19.9 Å². The fourth-order valence-electron chi connectivity index (χ4n) is 2.03. The molecule has 0 bridgehead atoms. The summed E-state index contributed by atoms with van der Waals surface area (Å²) in [6.45, 7) is 3.60. The van der Waals surface area contributed by atoms with Gasteiger partial charge in [-0.05, 0) is 37.6 Å². The van der Waals surface area contributed by atoms with Crippen LogP contribution >= 0.6 is 11.3 Å². The van der Waals surface area contributed by atoms with Gasteiger partial charge in [0.2, 0.25) is 6.41 Å². The summed E-state index contributed by atoms with van der Waals surface area (Å²) in [4.78, 5) is 25.2. The van der Waals surface area contributed by atoms with Gasteiger partial charge in [0.1, 0.15) is 5.00 Å². The van der Waals surface area contributed by atoms with Crippen molar-refractivity contribution in [1.82, 2.24) is 0 Å². The van der Waals surface area contributed by atoms with Crippen LogP contribution in [0.15, 0.2) is 24.3 Å². The molecule has 7 heteroatoms. The van der Waals surface area contributed by atoms with Gasteiger partial charge in [-0.3, -0.25) is 4.79 Å². The zero-order valence-electron chi connectivity index (χ0n) is 12.8. The number of rotatable bonds is 5. The summed E-state index contributed by atoms with van der Waals surface area (Å²) >= 11 is 1.14. The number of carbonyl (C=O) groups is 2. The Hall–Kier alpha value is -2.28. The number of hydrogen-bond donors (Lipinski definition) is 0. The molecule has 2 rings (SSSR count). The molecular weight excluding hydrogens is 324 g/mol. The molecule has 0 spiro atoms. The maximum Gasteiger partial charge on any atom is 0.340 e. The van der Waals surface area contributed by atoms with Crippen molar-refractivity contribution < 1.29 is 23.1 Å². The molecule has 1 amide bonds. The van der Waals surface area contributed by atoms with Crippen molar-refractivity contribution in [2.24, 2.45) is 0 Å². The molecular formula is C16H15F2NO3S. The second-order valence-electron chi connectivity index (χ2n) is 5.06. The first kappa shape index (κ1) is 17.1. The van der Waals surface area contributed by atoms with Crippen LogP contribution in [0.4, 0.5) is 13.8 Å². The number of carbonyl (C=O) groups excluding carboxylic acids is 2. The number of nitrogens with zero attached hydrogens (tertiary/aromatic N) is 1. The Morgan fingerprint density at radius 2 is 1.96 bits per heavy atom. The van der Waals surface area contributed by atoms with Crippen LogP contribution in [0.5, 0.6) is 0 Å². The van der Waals surface area contributed by atoms with Gasteiger partial charge in [0.15, 0.2) is 11.6 Å². The van der Waals surface area contributed by atoms with Crippen LogP contribution in [0, 0.1) is 11.6 Å². The van der Waals surface area contributed by atoms with Crippen molar-refractivity contribution >= 4 is 28.7 Å². The third-order valence-corrected chi connectivity index (χ3v) is 4.42. The molecule has 4 nitrogen and oxygen atoms in total. The van der Waals surface area contributed by atoms with E-state index in [0.29, 0.717) is 21.9 Å². The number of esters is 1. The number of hydrogen-bond acceptors (Lipinski definition) is 4. The molecule has 0 saturated heterocycles. The van der Waals surface area contributed by atoms with Crippen LogP contribution < -0.4 is 4.90 Å². The summed E-state index contributed by atoms with van der Waals surface area (Å²) in [5.74, 6) is -2.53. The minimum absolute atomic E-state index is 0.174. The molecule has 0 radical (unpaired) electrons. The molecule has 0 saturated carbocycles. The Morgan fingerprint density at radius 1 is 1.26 bits per heavy atom. The third kappa shape index (κ3) is 3.39. The van der Waals surface area contributed by atoms with Crippen LogP contribution in [0.2, 0.25) is 0 Å². The van der Waals surface area contributed by atoms with Crippen molar-refractivity contribution in [3.8, 4) is 10.4 Å². The summed E-state index contributed by atoms with van der Waals surface area (Å²) in [6.07, 6.45) is 0.623. The van der Waals surface area contributed by atoms with Gasteiger partial charge >= 0.3 is 5.97 Å². The number of anilines is 1. The maximum atomic E-state index is 13.4. The number of halogens is 2. The minimum Gasteiger partial charge on any atom is -0.465 e. The van der Waals surface area contributed by atoms with E-state index in [1.807, 2.05) is 0 Å². The normalized spacial score (nSPS) is 10.7. The van der Waals surface area contributed by atoms with E-state index in [1.165, 1.54) is 24.1 Å². The van der Waals surface area contributed by atoms with E-state index in [1.54, 1.807) is 13.8 Å². The van der Waals surface area contributed by atoms with Gasteiger partial charge in [0.25, 0.3) is 0 Å². The van der Waals surface area contributed by atoms with Crippen LogP contribution in [-0.4, -0.2) is 25.5 Å². The summed E-state index contributed by atoms with van der Waals surface area (Å²) in [7, 11) is 1.24. The lowest BCUT2D eigenvalue weighted by atomic mass is 10.1. The highest BCUT2D eigenvalue weighted by molar-refractivity contribution is 7.20. The van der Waals surface area contributed by atoms with E-state index in [-0.39, 0.29) is 11.6 Å². The zero-order chi connectivity index (χ0) is 17.1. The van der Waals surface area contributed by atoms with E-state index >= 15 is 0 Å². The summed E-state index contributed by atoms with van der Waals surface area (Å²) in [5, 5.41) is 0.404. The zero-order valence-corrected chi connectivity index (χ0v) is 13.6. The van der Waals surface area contributed by atoms with Crippen molar-refractivity contribution in [2.75, 3.05) is 12.0 Å². The Kier molecular flexibility index (Phi) is 5.10. The Bertz CT molecular complexity index is 743. The van der Waals surface area contributed by atoms with E-state index in [4.69, 9.17) is 4.74 Å². The third-order valence-electron chi connectivity index (χ3n) is 3.23. The van der Waals surface area contributed by atoms with Crippen molar-refractivity contribution in [3.63, 3.8) is 0 Å². The average molecular weight is 339 g/mol. The van der Waals surface area contributed by atoms with E-state index < -0.39 is 17.6 Å². The van der Waals surface area contributed by atoms with Gasteiger partial charge < -0.3 is 9.64 Å². The van der Waals surface area contributed by atoms with E-state index in [9.17, 15) is 18.4 Å². The molecule has 0 aliphatic carbocycles. The number of thiophene rings is 1. The number of amides is 1. The Morgan fingerprint density at radius 3 is 2.48 bits per heavy atom. The van der Waals surface area contributed by atoms with E-state index in [2.05, 4.69) is 0 Å². The molecule has 0 aliphatic rings. The Labute approximate surface area is 136 Å². The highest BCUT2D eigenvalue weighted by Gasteiger charge is 2.23. The second kappa shape index (κ2) is 6.87. The van der Waals surface area contributed by atoms with Crippen molar-refractivity contribution in [3.05, 3.63) is 41.5 Å². The lowest BCUT2D eigenvalue weighted by Gasteiger charge is -2.20. The minimum atomic E-state index is -0.979. The molecule has 0 atom stereocenters. The lowest BCUT2D eigenvalue weighted by molar-refractivity contribution is -0.107. The van der Waals surface area contributed by atoms with Crippen LogP contribution in [-0.2, 0) is 9.53 Å². The molecule has 23 heavy (non-hydrogen) atoms. The Balaban J connectivity index is 2.58. The molecule has 0 fully saturated rings. The van der Waals surface area contributed by atoms with Crippen LogP contribution in [0.25, 0.3) is 10.4 Å². The summed E-state index contributed by atoms with van der Waals surface area (Å²) in [5.41, 5.74) is 0.623. The monoisotopic (exact) mass is 339 g/mol. The predicted molar refractivity (Wildman–Crippen MR) is 84.7 cm³/mol. The van der Waals surface area contributed by atoms with Gasteiger partial charge in [-0.2, -0.15) is 0 Å². The summed E-state index contributed by atoms with van der Waals surface area (Å²) in [6, 6.07) is 4.81. The second-order valence-corrected chi connectivity index (χ2v) is 6.09. The highest BCUT2D eigenvalue weighted by Crippen LogP contribution is 2.38. The number of ether oxygens (including phenoxy) is 1. The molecule has 1 aromatic carbocycles. The van der Waals surface area contributed by atoms with Gasteiger partial charge in [0.05, 0.1) is 12.7 Å². The van der Waals surface area contributed by atoms with Gasteiger partial charge in [-0.1, -0.05) is 6.07 Å². The van der Waals surface area contributed by atoms with Crippen LogP contribution in [0.3, 0.4) is 0 Å². The fourth-order valence-corrected chi connectivity index (χ4v) is 3.27. The predicted octanol–water partition coefficient (Wildman–Crippen LogP) is 3.85. The molecule has 0 aliphatic heterocycles. The van der Waals surface area contributed by atoms with E-state index in [0.717, 1.165) is 23.5 Å². The molecule has 1 aromatic heterocycles. The largest absolute Gasteiger partial charge is 0.465 e. The highest BCUT2D eigenvalue weighted by atomic mass is 32.1. The topological polar surface area (TPSA) is 46.6 Å². The van der Waals surface area contributed by atoms with Gasteiger partial charge in [-0.15, -0.1) is 11.3 Å². The number of methoxy groups -OCH3 is 1. The fraction of sp³-hybridized carbons (Fsp3) is 0.250. The smallest absolute Gasteiger partial charge is 0.340 e. The quantitative estimate of drug-likeness (QED) is 0.614. The average Bonchev–Trinajstić information content (AvgIpc) is 2.94. The van der Waals surface area contributed by atoms with Gasteiger partial charge in [-0.25, -0.2) is 13.6 Å². The first-order chi connectivity index (χ1) is 10.9. The molecule has 2 aromatic rings. The number of benzene rings is 1. The summed E-state index contributed by atoms with van der Waals surface area (Å²) < 4.78 is 31.2. The maximum absolute atomic E-state index is 13.4. The standard InChI is InChI=1S/C16H15F2NO3S/c1-9(2)19(8-20)15-11(16(21)22-3)7-14(23-15)10-4-5-12(17)13(18)6-10/h4-9H,1-3H3. The molecule has 122 valence electrons. The first-order valence-corrected chi connectivity index (χ1v) is 7.61. The van der Waals surface area contributed by atoms with Crippen LogP contribution in [0.1, 0.15) is 24.2 Å². The van der Waals surface area contributed by atoms with Gasteiger partial charge in [0, 0.05) is 10.9 Å². The SMILES string of the molecule is COC(=O)c1cc(-c2ccc(F)c(F)c2)sc1N(C=O)C(C)C. The molecule has 1 heterocycles. The lowest BCUT2D eigenvalue weighted by Crippen LogP contribution is -2.29. The molecule has 0 N–H and O–H groups in total. The first-order valence-electron chi connectivity index (χ1n) is 6.80. The molecule has 0 unspecified atom stereocenters. The van der Waals surface area contributed by atoms with Crippen molar-refractivity contribution in [1.29, 1.82) is 0 Å².